The number of nitrogens with zero attached hydrogens (tertiary/aromatic N) is 2. The maximum absolute atomic E-state index is 13.0. The molecule has 0 bridgehead atoms. The van der Waals surface area contributed by atoms with Gasteiger partial charge in [-0.2, -0.15) is 0 Å². The van der Waals surface area contributed by atoms with E-state index >= 15 is 0 Å². The van der Waals surface area contributed by atoms with Crippen molar-refractivity contribution in [3.63, 3.8) is 0 Å². The molecule has 1 aromatic heterocycles. The summed E-state index contributed by atoms with van der Waals surface area (Å²) < 4.78 is 31.2. The van der Waals surface area contributed by atoms with Gasteiger partial charge in [-0.3, -0.25) is 0 Å². The minimum atomic E-state index is -2.82. The van der Waals surface area contributed by atoms with Gasteiger partial charge in [0.25, 0.3) is 6.43 Å². The van der Waals surface area contributed by atoms with Crippen LogP contribution in [-0.4, -0.2) is 16.0 Å². The van der Waals surface area contributed by atoms with Crippen LogP contribution in [0.1, 0.15) is 12.0 Å². The van der Waals surface area contributed by atoms with Gasteiger partial charge in [0.15, 0.2) is 0 Å². The number of halogens is 3. The highest BCUT2D eigenvalue weighted by Crippen LogP contribution is 2.33. The lowest BCUT2D eigenvalue weighted by atomic mass is 10.2. The molecule has 1 aromatic carbocycles. The second kappa shape index (κ2) is 6.31. The van der Waals surface area contributed by atoms with Gasteiger partial charge in [-0.25, -0.2) is 23.5 Å². The van der Waals surface area contributed by atoms with Crippen LogP contribution in [0.15, 0.2) is 30.6 Å². The molecule has 0 saturated carbocycles. The van der Waals surface area contributed by atoms with Gasteiger partial charge in [0, 0.05) is 5.69 Å². The van der Waals surface area contributed by atoms with Crippen LogP contribution in [0, 0.1) is 0 Å². The highest BCUT2D eigenvalue weighted by Gasteiger charge is 2.17. The second-order valence-electron chi connectivity index (χ2n) is 3.83. The molecule has 3 N–H and O–H groups in total. The molecule has 0 unspecified atom stereocenters. The fraction of sp³-hybridized carbons (Fsp3) is 0.0833. The van der Waals surface area contributed by atoms with E-state index in [4.69, 9.17) is 22.1 Å². The molecule has 2 aromatic rings. The number of alkyl halides is 2. The van der Waals surface area contributed by atoms with E-state index in [1.54, 1.807) is 0 Å². The van der Waals surface area contributed by atoms with Crippen LogP contribution < -0.4 is 15.8 Å². The van der Waals surface area contributed by atoms with Crippen LogP contribution in [-0.2, 0) is 0 Å². The highest BCUT2D eigenvalue weighted by molar-refractivity contribution is 6.30. The van der Waals surface area contributed by atoms with E-state index in [1.165, 1.54) is 24.5 Å². The maximum atomic E-state index is 13.0. The van der Waals surface area contributed by atoms with Crippen LogP contribution in [0.25, 0.3) is 0 Å². The van der Waals surface area contributed by atoms with E-state index in [-0.39, 0.29) is 22.5 Å². The lowest BCUT2D eigenvalue weighted by molar-refractivity contribution is 0.148. The van der Waals surface area contributed by atoms with E-state index < -0.39 is 18.0 Å². The molecule has 21 heavy (non-hydrogen) atoms. The van der Waals surface area contributed by atoms with Crippen molar-refractivity contribution in [2.24, 2.45) is 5.73 Å². The molecule has 9 heteroatoms. The molecule has 0 aliphatic heterocycles. The minimum absolute atomic E-state index is 0.127. The number of nitrogens with two attached hydrogens (primary N) is 1. The SMILES string of the molecule is NC(=O)Nc1ccc(Oc2ncc(Cl)cn2)c(C(F)F)c1. The van der Waals surface area contributed by atoms with Crippen molar-refractivity contribution in [2.75, 3.05) is 5.32 Å². The van der Waals surface area contributed by atoms with Crippen molar-refractivity contribution in [1.82, 2.24) is 9.97 Å². The number of hydrogen-bond donors (Lipinski definition) is 2. The summed E-state index contributed by atoms with van der Waals surface area (Å²) in [7, 11) is 0. The standard InChI is InChI=1S/C12H9ClF2N4O2/c13-6-4-17-12(18-5-6)21-9-2-1-7(19-11(16)20)3-8(9)10(14)15/h1-5,10H,(H3,16,19,20). The van der Waals surface area contributed by atoms with Gasteiger partial charge >= 0.3 is 12.0 Å². The molecule has 2 amide bonds. The Morgan fingerprint density at radius 2 is 2.00 bits per heavy atom. The third kappa shape index (κ3) is 3.99. The van der Waals surface area contributed by atoms with Crippen molar-refractivity contribution in [2.45, 2.75) is 6.43 Å². The number of anilines is 1. The number of nitrogens with one attached hydrogen (secondary N) is 1. The van der Waals surface area contributed by atoms with Crippen LogP contribution >= 0.6 is 11.6 Å². The summed E-state index contributed by atoms with van der Waals surface area (Å²) >= 11 is 5.61. The average molecular weight is 315 g/mol. The van der Waals surface area contributed by atoms with E-state index in [9.17, 15) is 13.6 Å². The fourth-order valence-corrected chi connectivity index (χ4v) is 1.58. The predicted molar refractivity (Wildman–Crippen MR) is 71.7 cm³/mol. The van der Waals surface area contributed by atoms with Crippen LogP contribution in [0.4, 0.5) is 19.3 Å². The largest absolute Gasteiger partial charge is 0.424 e. The summed E-state index contributed by atoms with van der Waals surface area (Å²) in [5, 5.41) is 2.49. The number of aromatic nitrogens is 2. The van der Waals surface area contributed by atoms with Crippen LogP contribution in [0.2, 0.25) is 5.02 Å². The Kier molecular flexibility index (Phi) is 4.49. The number of benzene rings is 1. The van der Waals surface area contributed by atoms with Crippen molar-refractivity contribution >= 4 is 23.3 Å². The Bertz CT molecular complexity index is 652. The first-order valence-corrected chi connectivity index (χ1v) is 5.97. The Morgan fingerprint density at radius 1 is 1.33 bits per heavy atom. The lowest BCUT2D eigenvalue weighted by Crippen LogP contribution is -2.19. The zero-order valence-corrected chi connectivity index (χ0v) is 11.1. The molecular formula is C12H9ClF2N4O2. The molecular weight excluding hydrogens is 306 g/mol. The van der Waals surface area contributed by atoms with Gasteiger partial charge < -0.3 is 15.8 Å². The number of ether oxygens (including phenoxy) is 1. The highest BCUT2D eigenvalue weighted by atomic mass is 35.5. The number of carbonyl (C=O) groups excluding carboxylic acids is 1. The van der Waals surface area contributed by atoms with E-state index in [0.29, 0.717) is 0 Å². The van der Waals surface area contributed by atoms with Gasteiger partial charge in [-0.1, -0.05) is 11.6 Å². The molecule has 0 saturated heterocycles. The van der Waals surface area contributed by atoms with Crippen LogP contribution in [0.3, 0.4) is 0 Å². The fourth-order valence-electron chi connectivity index (χ4n) is 1.48. The number of primary amides is 1. The van der Waals surface area contributed by atoms with E-state index in [1.807, 2.05) is 0 Å². The lowest BCUT2D eigenvalue weighted by Gasteiger charge is -2.11. The molecule has 6 nitrogen and oxygen atoms in total. The molecule has 0 spiro atoms. The van der Waals surface area contributed by atoms with Crippen molar-refractivity contribution in [1.29, 1.82) is 0 Å². The molecule has 0 aliphatic carbocycles. The zero-order valence-electron chi connectivity index (χ0n) is 10.4. The molecule has 110 valence electrons. The number of rotatable bonds is 4. The Labute approximate surface area is 122 Å². The molecule has 1 heterocycles. The van der Waals surface area contributed by atoms with Crippen molar-refractivity contribution < 1.29 is 18.3 Å². The van der Waals surface area contributed by atoms with Crippen molar-refractivity contribution in [3.8, 4) is 11.8 Å². The number of amides is 2. The first kappa shape index (κ1) is 14.9. The Balaban J connectivity index is 2.29. The zero-order chi connectivity index (χ0) is 15.4. The normalized spacial score (nSPS) is 10.5. The third-order valence-electron chi connectivity index (χ3n) is 2.31. The number of hydrogen-bond acceptors (Lipinski definition) is 4. The quantitative estimate of drug-likeness (QED) is 0.905. The van der Waals surface area contributed by atoms with E-state index in [2.05, 4.69) is 15.3 Å². The van der Waals surface area contributed by atoms with Crippen LogP contribution in [0.5, 0.6) is 11.8 Å². The molecule has 0 atom stereocenters. The van der Waals surface area contributed by atoms with Gasteiger partial charge in [0.1, 0.15) is 5.75 Å². The Hall–Kier alpha value is -2.48. The summed E-state index contributed by atoms with van der Waals surface area (Å²) in [6.45, 7) is 0. The predicted octanol–water partition coefficient (Wildman–Crippen LogP) is 3.35. The first-order valence-electron chi connectivity index (χ1n) is 5.59. The minimum Gasteiger partial charge on any atom is -0.424 e. The third-order valence-corrected chi connectivity index (χ3v) is 2.51. The molecule has 2 rings (SSSR count). The van der Waals surface area contributed by atoms with Gasteiger partial charge in [0.05, 0.1) is 23.0 Å². The molecule has 0 radical (unpaired) electrons. The maximum Gasteiger partial charge on any atom is 0.321 e. The molecule has 0 aliphatic rings. The topological polar surface area (TPSA) is 90.1 Å². The Morgan fingerprint density at radius 3 is 2.57 bits per heavy atom. The number of urea groups is 1. The van der Waals surface area contributed by atoms with Crippen molar-refractivity contribution in [3.05, 3.63) is 41.2 Å². The van der Waals surface area contributed by atoms with Gasteiger partial charge in [-0.05, 0) is 18.2 Å². The summed E-state index contributed by atoms with van der Waals surface area (Å²) in [5.41, 5.74) is 4.62. The first-order chi connectivity index (χ1) is 9.95. The molecule has 0 fully saturated rings. The average Bonchev–Trinajstić information content (AvgIpc) is 2.42. The van der Waals surface area contributed by atoms with E-state index in [0.717, 1.165) is 6.07 Å². The summed E-state index contributed by atoms with van der Waals surface area (Å²) in [6.07, 6.45) is -0.272. The smallest absolute Gasteiger partial charge is 0.321 e. The second-order valence-corrected chi connectivity index (χ2v) is 4.26. The number of carbonyl (C=O) groups is 1. The van der Waals surface area contributed by atoms with Gasteiger partial charge in [-0.15, -0.1) is 0 Å². The summed E-state index contributed by atoms with van der Waals surface area (Å²) in [4.78, 5) is 18.2. The van der Waals surface area contributed by atoms with Gasteiger partial charge in [0.2, 0.25) is 0 Å². The monoisotopic (exact) mass is 314 g/mol. The summed E-state index contributed by atoms with van der Waals surface area (Å²) in [5.74, 6) is -0.137. The summed E-state index contributed by atoms with van der Waals surface area (Å²) in [6, 6.07) is 2.69.